The number of carbonyl (C=O) groups excluding carboxylic acids is 1. The van der Waals surface area contributed by atoms with Gasteiger partial charge in [0.2, 0.25) is 10.0 Å². The molecule has 33 heavy (non-hydrogen) atoms. The van der Waals surface area contributed by atoms with Crippen molar-refractivity contribution in [3.63, 3.8) is 0 Å². The van der Waals surface area contributed by atoms with Crippen molar-refractivity contribution in [3.8, 4) is 5.75 Å². The lowest BCUT2D eigenvalue weighted by atomic mass is 10.0. The van der Waals surface area contributed by atoms with Crippen molar-refractivity contribution in [2.24, 2.45) is 0 Å². The van der Waals surface area contributed by atoms with Crippen LogP contribution in [0.1, 0.15) is 27.8 Å². The van der Waals surface area contributed by atoms with Crippen LogP contribution in [0.15, 0.2) is 65.6 Å². The molecule has 3 aromatic carbocycles. The summed E-state index contributed by atoms with van der Waals surface area (Å²) in [5.74, 6) is 0.438. The minimum atomic E-state index is -3.57. The highest BCUT2D eigenvalue weighted by molar-refractivity contribution is 7.89. The van der Waals surface area contributed by atoms with Crippen LogP contribution in [-0.4, -0.2) is 31.8 Å². The Morgan fingerprint density at radius 3 is 2.52 bits per heavy atom. The van der Waals surface area contributed by atoms with Gasteiger partial charge in [0.05, 0.1) is 4.90 Å². The summed E-state index contributed by atoms with van der Waals surface area (Å²) in [7, 11) is -3.57. The second-order valence-electron chi connectivity index (χ2n) is 8.43. The van der Waals surface area contributed by atoms with Gasteiger partial charge in [-0.2, -0.15) is 4.31 Å². The highest BCUT2D eigenvalue weighted by Crippen LogP contribution is 2.27. The van der Waals surface area contributed by atoms with Gasteiger partial charge < -0.3 is 10.1 Å². The van der Waals surface area contributed by atoms with Gasteiger partial charge in [0.25, 0.3) is 5.91 Å². The minimum Gasteiger partial charge on any atom is -0.483 e. The molecule has 1 heterocycles. The summed E-state index contributed by atoms with van der Waals surface area (Å²) < 4.78 is 33.2. The van der Waals surface area contributed by atoms with Crippen LogP contribution in [0.4, 0.5) is 5.69 Å². The molecule has 1 N–H and O–H groups in total. The van der Waals surface area contributed by atoms with Crippen molar-refractivity contribution in [2.45, 2.75) is 38.6 Å². The highest BCUT2D eigenvalue weighted by atomic mass is 32.2. The molecule has 1 amide bonds. The Kier molecular flexibility index (Phi) is 6.54. The molecule has 0 aromatic heterocycles. The van der Waals surface area contributed by atoms with Crippen molar-refractivity contribution in [1.82, 2.24) is 4.31 Å². The molecule has 0 aliphatic carbocycles. The van der Waals surface area contributed by atoms with Gasteiger partial charge in [-0.15, -0.1) is 0 Å². The number of anilines is 1. The number of benzene rings is 3. The van der Waals surface area contributed by atoms with Crippen LogP contribution in [0.5, 0.6) is 5.75 Å². The van der Waals surface area contributed by atoms with E-state index < -0.39 is 10.0 Å². The van der Waals surface area contributed by atoms with E-state index in [-0.39, 0.29) is 24.0 Å². The third kappa shape index (κ3) is 5.10. The van der Waals surface area contributed by atoms with E-state index in [4.69, 9.17) is 4.74 Å². The van der Waals surface area contributed by atoms with Gasteiger partial charge in [-0.05, 0) is 85.3 Å². The van der Waals surface area contributed by atoms with Gasteiger partial charge in [0.1, 0.15) is 5.75 Å². The van der Waals surface area contributed by atoms with Crippen LogP contribution >= 0.6 is 0 Å². The number of nitrogens with one attached hydrogen (secondary N) is 1. The maximum absolute atomic E-state index is 13.0. The van der Waals surface area contributed by atoms with E-state index in [0.717, 1.165) is 27.8 Å². The smallest absolute Gasteiger partial charge is 0.262 e. The van der Waals surface area contributed by atoms with Crippen molar-refractivity contribution in [2.75, 3.05) is 18.5 Å². The molecule has 172 valence electrons. The molecule has 4 rings (SSSR count). The predicted octanol–water partition coefficient (Wildman–Crippen LogP) is 4.38. The Labute approximate surface area is 195 Å². The summed E-state index contributed by atoms with van der Waals surface area (Å²) >= 11 is 0. The van der Waals surface area contributed by atoms with E-state index in [1.54, 1.807) is 30.3 Å². The molecule has 0 radical (unpaired) electrons. The van der Waals surface area contributed by atoms with Gasteiger partial charge in [0.15, 0.2) is 6.61 Å². The molecule has 1 aliphatic rings. The normalized spacial score (nSPS) is 13.9. The molecule has 0 saturated heterocycles. The number of hydrogen-bond donors (Lipinski definition) is 1. The molecule has 0 unspecified atom stereocenters. The number of amides is 1. The van der Waals surface area contributed by atoms with Crippen LogP contribution in [0.25, 0.3) is 0 Å². The summed E-state index contributed by atoms with van der Waals surface area (Å²) in [6, 6.07) is 18.1. The predicted molar refractivity (Wildman–Crippen MR) is 129 cm³/mol. The number of nitrogens with zero attached hydrogens (tertiary/aromatic N) is 1. The molecular formula is C26H28N2O4S. The zero-order valence-corrected chi connectivity index (χ0v) is 19.9. The summed E-state index contributed by atoms with van der Waals surface area (Å²) in [5, 5.41) is 2.86. The number of carbonyl (C=O) groups is 1. The van der Waals surface area contributed by atoms with Crippen molar-refractivity contribution < 1.29 is 17.9 Å². The van der Waals surface area contributed by atoms with Gasteiger partial charge in [-0.3, -0.25) is 4.79 Å². The fourth-order valence-electron chi connectivity index (χ4n) is 4.05. The zero-order chi connectivity index (χ0) is 23.6. The minimum absolute atomic E-state index is 0.102. The van der Waals surface area contributed by atoms with Crippen LogP contribution in [0.3, 0.4) is 0 Å². The van der Waals surface area contributed by atoms with Crippen molar-refractivity contribution in [3.05, 3.63) is 88.5 Å². The van der Waals surface area contributed by atoms with E-state index in [0.29, 0.717) is 24.4 Å². The molecule has 3 aromatic rings. The lowest BCUT2D eigenvalue weighted by Gasteiger charge is -2.28. The molecule has 6 nitrogen and oxygen atoms in total. The lowest BCUT2D eigenvalue weighted by molar-refractivity contribution is -0.118. The van der Waals surface area contributed by atoms with Gasteiger partial charge in [-0.1, -0.05) is 30.3 Å². The molecule has 0 bridgehead atoms. The van der Waals surface area contributed by atoms with Crippen LogP contribution in [0.2, 0.25) is 0 Å². The largest absolute Gasteiger partial charge is 0.483 e. The standard InChI is InChI=1S/C26H28N2O4S/c1-18-13-19(2)20(3)25(14-18)32-17-26(29)27-23-10-9-21-11-12-28(16-22(21)15-23)33(30,31)24-7-5-4-6-8-24/h4-10,13-15H,11-12,16-17H2,1-3H3,(H,27,29). The van der Waals surface area contributed by atoms with Gasteiger partial charge >= 0.3 is 0 Å². The topological polar surface area (TPSA) is 75.7 Å². The summed E-state index contributed by atoms with van der Waals surface area (Å²) in [4.78, 5) is 12.8. The lowest BCUT2D eigenvalue weighted by Crippen LogP contribution is -2.36. The number of aryl methyl sites for hydroxylation is 2. The first-order valence-electron chi connectivity index (χ1n) is 10.9. The number of ether oxygens (including phenoxy) is 1. The van der Waals surface area contributed by atoms with Crippen LogP contribution < -0.4 is 10.1 Å². The average molecular weight is 465 g/mol. The Hall–Kier alpha value is -3.16. The average Bonchev–Trinajstić information content (AvgIpc) is 2.80. The fraction of sp³-hybridized carbons (Fsp3) is 0.269. The number of hydrogen-bond acceptors (Lipinski definition) is 4. The molecule has 0 spiro atoms. The van der Waals surface area contributed by atoms with E-state index in [1.807, 2.05) is 45.0 Å². The first kappa shape index (κ1) is 23.0. The number of rotatable bonds is 6. The monoisotopic (exact) mass is 464 g/mol. The SMILES string of the molecule is Cc1cc(C)c(C)c(OCC(=O)Nc2ccc3c(c2)CN(S(=O)(=O)c2ccccc2)CC3)c1. The second kappa shape index (κ2) is 9.37. The Morgan fingerprint density at radius 2 is 1.76 bits per heavy atom. The molecule has 0 saturated carbocycles. The summed E-state index contributed by atoms with van der Waals surface area (Å²) in [5.41, 5.74) is 5.83. The Morgan fingerprint density at radius 1 is 1.00 bits per heavy atom. The third-order valence-corrected chi connectivity index (χ3v) is 7.83. The van der Waals surface area contributed by atoms with Crippen LogP contribution in [0, 0.1) is 20.8 Å². The maximum atomic E-state index is 13.0. The van der Waals surface area contributed by atoms with Gasteiger partial charge in [-0.25, -0.2) is 8.42 Å². The van der Waals surface area contributed by atoms with Crippen molar-refractivity contribution in [1.29, 1.82) is 0 Å². The third-order valence-electron chi connectivity index (χ3n) is 5.97. The molecular weight excluding hydrogens is 436 g/mol. The summed E-state index contributed by atoms with van der Waals surface area (Å²) in [6.07, 6.45) is 0.630. The first-order valence-corrected chi connectivity index (χ1v) is 12.4. The zero-order valence-electron chi connectivity index (χ0n) is 19.1. The van der Waals surface area contributed by atoms with E-state index >= 15 is 0 Å². The molecule has 0 fully saturated rings. The maximum Gasteiger partial charge on any atom is 0.262 e. The van der Waals surface area contributed by atoms with Crippen molar-refractivity contribution >= 4 is 21.6 Å². The fourth-order valence-corrected chi connectivity index (χ4v) is 5.49. The Balaban J connectivity index is 1.43. The Bertz CT molecular complexity index is 1290. The van der Waals surface area contributed by atoms with E-state index in [9.17, 15) is 13.2 Å². The highest BCUT2D eigenvalue weighted by Gasteiger charge is 2.28. The quantitative estimate of drug-likeness (QED) is 0.588. The van der Waals surface area contributed by atoms with Gasteiger partial charge in [0, 0.05) is 18.8 Å². The molecule has 1 aliphatic heterocycles. The second-order valence-corrected chi connectivity index (χ2v) is 10.4. The first-order chi connectivity index (χ1) is 15.7. The van der Waals surface area contributed by atoms with E-state index in [1.165, 1.54) is 4.31 Å². The molecule has 0 atom stereocenters. The number of sulfonamides is 1. The summed E-state index contributed by atoms with van der Waals surface area (Å²) in [6.45, 7) is 6.58. The number of fused-ring (bicyclic) bond motifs is 1. The van der Waals surface area contributed by atoms with E-state index in [2.05, 4.69) is 11.4 Å². The molecule has 7 heteroatoms. The van der Waals surface area contributed by atoms with Crippen LogP contribution in [-0.2, 0) is 27.8 Å².